The predicted molar refractivity (Wildman–Crippen MR) is 231 cm³/mol. The van der Waals surface area contributed by atoms with Gasteiger partial charge in [-0.05, 0) is 57.8 Å². The summed E-state index contributed by atoms with van der Waals surface area (Å²) in [6.45, 7) is 3.98. The fourth-order valence-corrected chi connectivity index (χ4v) is 6.10. The molecule has 1 unspecified atom stereocenters. The van der Waals surface area contributed by atoms with E-state index in [0.29, 0.717) is 17.4 Å². The third-order valence-electron chi connectivity index (χ3n) is 8.79. The van der Waals surface area contributed by atoms with Gasteiger partial charge in [0.25, 0.3) is 7.82 Å². The number of hydrogen-bond acceptors (Lipinski definition) is 8. The van der Waals surface area contributed by atoms with Crippen LogP contribution < -0.4 is 4.89 Å². The summed E-state index contributed by atoms with van der Waals surface area (Å²) in [5.41, 5.74) is 0. The number of hydrogen-bond donors (Lipinski definition) is 0. The molecule has 0 saturated carbocycles. The Labute approximate surface area is 342 Å². The number of carbonyl (C=O) groups is 2. The number of likely N-dealkylation sites (N-methyl/N-ethyl adjacent to an activating group) is 1. The molecule has 0 aliphatic heterocycles. The Bertz CT molecular complexity index is 1180. The van der Waals surface area contributed by atoms with E-state index in [-0.39, 0.29) is 19.6 Å². The minimum Gasteiger partial charge on any atom is -0.756 e. The number of unbranched alkanes of at least 4 members (excludes halogenated alkanes) is 15. The van der Waals surface area contributed by atoms with E-state index in [4.69, 9.17) is 18.5 Å². The highest BCUT2D eigenvalue weighted by atomic mass is 31.2. The van der Waals surface area contributed by atoms with Crippen molar-refractivity contribution in [3.63, 3.8) is 0 Å². The molecule has 0 aromatic heterocycles. The third-order valence-corrected chi connectivity index (χ3v) is 9.75. The van der Waals surface area contributed by atoms with E-state index in [1.165, 1.54) is 76.7 Å². The molecule has 9 nitrogen and oxygen atoms in total. The summed E-state index contributed by atoms with van der Waals surface area (Å²) in [7, 11) is 1.08. The van der Waals surface area contributed by atoms with Gasteiger partial charge < -0.3 is 27.9 Å². The summed E-state index contributed by atoms with van der Waals surface area (Å²) in [6.07, 6.45) is 47.1. The molecule has 0 amide bonds. The molecule has 0 radical (unpaired) electrons. The molecule has 0 aliphatic rings. The highest BCUT2D eigenvalue weighted by Gasteiger charge is 2.21. The van der Waals surface area contributed by atoms with Crippen LogP contribution in [0.1, 0.15) is 155 Å². The van der Waals surface area contributed by atoms with Gasteiger partial charge in [-0.15, -0.1) is 0 Å². The zero-order valence-corrected chi connectivity index (χ0v) is 36.9. The summed E-state index contributed by atoms with van der Waals surface area (Å²) in [5, 5.41) is 0. The van der Waals surface area contributed by atoms with Gasteiger partial charge >= 0.3 is 11.9 Å². The molecule has 0 fully saturated rings. The third kappa shape index (κ3) is 41.1. The van der Waals surface area contributed by atoms with Crippen LogP contribution in [0.25, 0.3) is 0 Å². The standard InChI is InChI=1S/C46H80NO8P/c1-6-8-10-12-14-16-18-20-22-23-25-26-28-30-32-34-36-38-45(48)52-42-44(43-54-56(50,51)53-41-40-47(3,4)5)55-46(49)39-37-35-33-31-29-27-24-21-19-17-15-13-11-9-7-2/h10,12,16,18,22-23,26,28,33,35,37,39,44H,6-9,11,13-15,17,19-21,24-25,27,29-32,34,36,38,40-43H2,1-5H3/b12-10+,18-16+,23-22+,28-26+,35-33+,39-37+/t44-/m1/s1. The largest absolute Gasteiger partial charge is 0.756 e. The molecule has 0 N–H and O–H groups in total. The van der Waals surface area contributed by atoms with Crippen LogP contribution in [-0.2, 0) is 32.7 Å². The molecule has 0 aliphatic carbocycles. The van der Waals surface area contributed by atoms with E-state index in [1.807, 2.05) is 27.2 Å². The second-order valence-electron chi connectivity index (χ2n) is 15.4. The Hall–Kier alpha value is -2.55. The first kappa shape index (κ1) is 53.5. The maximum Gasteiger partial charge on any atom is 0.331 e. The van der Waals surface area contributed by atoms with Gasteiger partial charge in [0.1, 0.15) is 19.8 Å². The molecule has 322 valence electrons. The molecule has 0 aromatic rings. The number of quaternary nitrogens is 1. The Morgan fingerprint density at radius 3 is 1.70 bits per heavy atom. The van der Waals surface area contributed by atoms with Gasteiger partial charge in [0.15, 0.2) is 6.10 Å². The molecular formula is C46H80NO8P. The topological polar surface area (TPSA) is 111 Å². The van der Waals surface area contributed by atoms with Crippen LogP contribution in [0, 0.1) is 0 Å². The number of carbonyl (C=O) groups excluding carboxylic acids is 2. The second kappa shape index (κ2) is 38.0. The molecule has 0 saturated heterocycles. The fourth-order valence-electron chi connectivity index (χ4n) is 5.37. The molecule has 2 atom stereocenters. The SMILES string of the molecule is CCC/C=C/C/C=C/C/C=C/C/C=C/CCCCCC(=O)OC[C@H](COP(=O)([O-])OCC[N+](C)(C)C)OC(=O)/C=C/C=C/CCCCCCCCCCCCC. The maximum absolute atomic E-state index is 12.6. The molecule has 0 aromatic carbocycles. The van der Waals surface area contributed by atoms with Gasteiger partial charge in [0.05, 0.1) is 27.7 Å². The lowest BCUT2D eigenvalue weighted by molar-refractivity contribution is -0.870. The Morgan fingerprint density at radius 1 is 0.607 bits per heavy atom. The first-order valence-corrected chi connectivity index (χ1v) is 23.1. The van der Waals surface area contributed by atoms with Gasteiger partial charge in [-0.2, -0.15) is 0 Å². The lowest BCUT2D eigenvalue weighted by Gasteiger charge is -2.28. The van der Waals surface area contributed by atoms with Crippen LogP contribution in [0.2, 0.25) is 0 Å². The number of phosphoric ester groups is 1. The maximum atomic E-state index is 12.6. The lowest BCUT2D eigenvalue weighted by Crippen LogP contribution is -2.37. The van der Waals surface area contributed by atoms with E-state index in [1.54, 1.807) is 12.2 Å². The van der Waals surface area contributed by atoms with E-state index >= 15 is 0 Å². The van der Waals surface area contributed by atoms with Crippen molar-refractivity contribution in [2.24, 2.45) is 0 Å². The molecular weight excluding hydrogens is 725 g/mol. The van der Waals surface area contributed by atoms with Gasteiger partial charge in [-0.25, -0.2) is 4.79 Å². The monoisotopic (exact) mass is 806 g/mol. The van der Waals surface area contributed by atoms with Gasteiger partial charge in [-0.1, -0.05) is 158 Å². The van der Waals surface area contributed by atoms with Crippen molar-refractivity contribution in [2.45, 2.75) is 161 Å². The fraction of sp³-hybridized carbons (Fsp3) is 0.696. The van der Waals surface area contributed by atoms with E-state index < -0.39 is 32.5 Å². The van der Waals surface area contributed by atoms with Crippen molar-refractivity contribution in [1.82, 2.24) is 0 Å². The van der Waals surface area contributed by atoms with Crippen molar-refractivity contribution in [3.8, 4) is 0 Å². The minimum absolute atomic E-state index is 0.0552. The number of nitrogens with zero attached hydrogens (tertiary/aromatic N) is 1. The van der Waals surface area contributed by atoms with Gasteiger partial charge in [-0.3, -0.25) is 9.36 Å². The van der Waals surface area contributed by atoms with Crippen LogP contribution in [0.5, 0.6) is 0 Å². The van der Waals surface area contributed by atoms with Gasteiger partial charge in [0.2, 0.25) is 0 Å². The van der Waals surface area contributed by atoms with Crippen LogP contribution in [0.4, 0.5) is 0 Å². The number of allylic oxidation sites excluding steroid dienone is 11. The lowest BCUT2D eigenvalue weighted by atomic mass is 10.1. The molecule has 10 heteroatoms. The zero-order chi connectivity index (χ0) is 41.4. The molecule has 0 heterocycles. The number of rotatable bonds is 38. The summed E-state index contributed by atoms with van der Waals surface area (Å²) in [6, 6.07) is 0. The number of esters is 2. The predicted octanol–water partition coefficient (Wildman–Crippen LogP) is 11.6. The highest BCUT2D eigenvalue weighted by Crippen LogP contribution is 2.38. The normalized spacial score (nSPS) is 14.3. The van der Waals surface area contributed by atoms with Crippen molar-refractivity contribution in [2.75, 3.05) is 47.5 Å². The summed E-state index contributed by atoms with van der Waals surface area (Å²) in [4.78, 5) is 37.4. The van der Waals surface area contributed by atoms with E-state index in [0.717, 1.165) is 57.8 Å². The van der Waals surface area contributed by atoms with Crippen molar-refractivity contribution in [1.29, 1.82) is 0 Å². The second-order valence-corrected chi connectivity index (χ2v) is 16.8. The Kier molecular flexibility index (Phi) is 36.3. The average molecular weight is 806 g/mol. The first-order valence-electron chi connectivity index (χ1n) is 21.7. The first-order chi connectivity index (χ1) is 27.0. The Morgan fingerprint density at radius 2 is 1.12 bits per heavy atom. The minimum atomic E-state index is -4.66. The van der Waals surface area contributed by atoms with Gasteiger partial charge in [0, 0.05) is 12.5 Å². The van der Waals surface area contributed by atoms with Crippen LogP contribution >= 0.6 is 7.82 Å². The average Bonchev–Trinajstić information content (AvgIpc) is 3.15. The quantitative estimate of drug-likeness (QED) is 0.0115. The van der Waals surface area contributed by atoms with Crippen molar-refractivity contribution < 1.29 is 42.1 Å². The summed E-state index contributed by atoms with van der Waals surface area (Å²) in [5.74, 6) is -1.13. The van der Waals surface area contributed by atoms with Crippen molar-refractivity contribution in [3.05, 3.63) is 72.9 Å². The number of ether oxygens (including phenoxy) is 2. The van der Waals surface area contributed by atoms with E-state index in [2.05, 4.69) is 62.5 Å². The zero-order valence-electron chi connectivity index (χ0n) is 36.1. The van der Waals surface area contributed by atoms with Crippen LogP contribution in [0.3, 0.4) is 0 Å². The van der Waals surface area contributed by atoms with E-state index in [9.17, 15) is 19.0 Å². The molecule has 0 spiro atoms. The van der Waals surface area contributed by atoms with Crippen LogP contribution in [-0.4, -0.2) is 70.0 Å². The molecule has 0 bridgehead atoms. The van der Waals surface area contributed by atoms with Crippen molar-refractivity contribution >= 4 is 19.8 Å². The number of phosphoric acid groups is 1. The smallest absolute Gasteiger partial charge is 0.331 e. The summed E-state index contributed by atoms with van der Waals surface area (Å²) >= 11 is 0. The Balaban J connectivity index is 4.54. The molecule has 0 rings (SSSR count). The highest BCUT2D eigenvalue weighted by molar-refractivity contribution is 7.45. The summed E-state index contributed by atoms with van der Waals surface area (Å²) < 4.78 is 33.6. The van der Waals surface area contributed by atoms with Crippen LogP contribution in [0.15, 0.2) is 72.9 Å². The molecule has 56 heavy (non-hydrogen) atoms.